The highest BCUT2D eigenvalue weighted by molar-refractivity contribution is 6.32. The fraction of sp³-hybridized carbons (Fsp3) is 0.538. The lowest BCUT2D eigenvalue weighted by Gasteiger charge is -2.23. The molecule has 1 aromatic carbocycles. The predicted molar refractivity (Wildman–Crippen MR) is 81.1 cm³/mol. The second kappa shape index (κ2) is 8.29. The van der Waals surface area contributed by atoms with Crippen LogP contribution >= 0.6 is 24.0 Å². The zero-order valence-corrected chi connectivity index (χ0v) is 12.6. The number of nitrogens with one attached hydrogen (secondary N) is 1. The summed E-state index contributed by atoms with van der Waals surface area (Å²) in [6, 6.07) is 4.77. The second-order valence-electron chi connectivity index (χ2n) is 4.66. The Bertz CT molecular complexity index is 451. The number of hydrogen-bond donors (Lipinski definition) is 1. The summed E-state index contributed by atoms with van der Waals surface area (Å²) in [6.07, 6.45) is 4.60. The molecule has 1 unspecified atom stereocenters. The minimum Gasteiger partial charge on any atom is -0.492 e. The molecule has 1 N–H and O–H groups in total. The summed E-state index contributed by atoms with van der Waals surface area (Å²) in [5.41, 5.74) is -0.0219. The van der Waals surface area contributed by atoms with Crippen LogP contribution in [0.25, 0.3) is 0 Å². The van der Waals surface area contributed by atoms with Crippen molar-refractivity contribution in [1.82, 2.24) is 5.32 Å². The molecule has 0 saturated carbocycles. The molecule has 1 heterocycles. The maximum atomic E-state index is 10.6. The highest BCUT2D eigenvalue weighted by atomic mass is 35.5. The molecule has 0 aliphatic carbocycles. The van der Waals surface area contributed by atoms with Gasteiger partial charge in [0.15, 0.2) is 0 Å². The third-order valence-corrected chi connectivity index (χ3v) is 3.56. The van der Waals surface area contributed by atoms with Crippen molar-refractivity contribution in [2.24, 2.45) is 0 Å². The fourth-order valence-corrected chi connectivity index (χ4v) is 2.43. The number of nitro groups is 1. The fourth-order valence-electron chi connectivity index (χ4n) is 2.20. The summed E-state index contributed by atoms with van der Waals surface area (Å²) in [5, 5.41) is 14.3. The Hall–Kier alpha value is -1.04. The van der Waals surface area contributed by atoms with Gasteiger partial charge in [-0.2, -0.15) is 0 Å². The van der Waals surface area contributed by atoms with Gasteiger partial charge in [0.2, 0.25) is 0 Å². The van der Waals surface area contributed by atoms with Crippen molar-refractivity contribution in [3.05, 3.63) is 33.3 Å². The highest BCUT2D eigenvalue weighted by Crippen LogP contribution is 2.28. The highest BCUT2D eigenvalue weighted by Gasteiger charge is 2.13. The number of piperidine rings is 1. The smallest absolute Gasteiger partial charge is 0.271 e. The number of nitrogens with zero attached hydrogens (tertiary/aromatic N) is 1. The first-order valence-electron chi connectivity index (χ1n) is 6.47. The molecule has 2 rings (SSSR count). The molecule has 0 spiro atoms. The summed E-state index contributed by atoms with van der Waals surface area (Å²) in [6.45, 7) is 1.64. The van der Waals surface area contributed by atoms with Gasteiger partial charge in [-0.3, -0.25) is 10.1 Å². The van der Waals surface area contributed by atoms with Crippen molar-refractivity contribution in [3.63, 3.8) is 0 Å². The number of halogens is 2. The first-order valence-corrected chi connectivity index (χ1v) is 6.85. The van der Waals surface area contributed by atoms with Gasteiger partial charge in [-0.1, -0.05) is 18.0 Å². The summed E-state index contributed by atoms with van der Waals surface area (Å²) in [4.78, 5) is 10.1. The molecular formula is C13H18Cl2N2O3. The SMILES string of the molecule is Cl.O=[N+]([O-])c1ccc(OCCC2CCCCN2)c(Cl)c1. The normalized spacial score (nSPS) is 18.1. The van der Waals surface area contributed by atoms with Gasteiger partial charge < -0.3 is 10.1 Å². The summed E-state index contributed by atoms with van der Waals surface area (Å²) in [5.74, 6) is 0.503. The molecule has 0 aromatic heterocycles. The van der Waals surface area contributed by atoms with E-state index in [0.29, 0.717) is 18.4 Å². The number of non-ortho nitro benzene ring substituents is 1. The molecule has 20 heavy (non-hydrogen) atoms. The maximum absolute atomic E-state index is 10.6. The quantitative estimate of drug-likeness (QED) is 0.665. The van der Waals surface area contributed by atoms with Crippen LogP contribution in [0, 0.1) is 10.1 Å². The Morgan fingerprint density at radius 2 is 2.25 bits per heavy atom. The van der Waals surface area contributed by atoms with Crippen LogP contribution in [0.3, 0.4) is 0 Å². The first kappa shape index (κ1) is 17.0. The third kappa shape index (κ3) is 4.81. The second-order valence-corrected chi connectivity index (χ2v) is 5.06. The summed E-state index contributed by atoms with van der Waals surface area (Å²) < 4.78 is 5.58. The minimum absolute atomic E-state index is 0. The van der Waals surface area contributed by atoms with Crippen molar-refractivity contribution in [1.29, 1.82) is 0 Å². The number of nitro benzene ring substituents is 1. The lowest BCUT2D eigenvalue weighted by atomic mass is 10.0. The van der Waals surface area contributed by atoms with Gasteiger partial charge in [0.05, 0.1) is 16.6 Å². The van der Waals surface area contributed by atoms with E-state index in [1.807, 2.05) is 0 Å². The minimum atomic E-state index is -0.471. The standard InChI is InChI=1S/C13H17ClN2O3.ClH/c14-12-9-11(16(17)18)4-5-13(12)19-8-6-10-3-1-2-7-15-10;/h4-5,9-10,15H,1-3,6-8H2;1H. The lowest BCUT2D eigenvalue weighted by molar-refractivity contribution is -0.384. The van der Waals surface area contributed by atoms with E-state index >= 15 is 0 Å². The Kier molecular flexibility index (Phi) is 7.05. The van der Waals surface area contributed by atoms with E-state index < -0.39 is 4.92 Å². The van der Waals surface area contributed by atoms with Crippen molar-refractivity contribution in [2.45, 2.75) is 31.7 Å². The van der Waals surface area contributed by atoms with E-state index in [1.165, 1.54) is 31.4 Å². The molecule has 1 fully saturated rings. The summed E-state index contributed by atoms with van der Waals surface area (Å²) >= 11 is 5.95. The molecule has 1 aliphatic heterocycles. The van der Waals surface area contributed by atoms with Gasteiger partial charge in [-0.05, 0) is 31.9 Å². The van der Waals surface area contributed by atoms with Crippen molar-refractivity contribution in [3.8, 4) is 5.75 Å². The average molecular weight is 321 g/mol. The molecule has 1 aliphatic rings. The topological polar surface area (TPSA) is 64.4 Å². The van der Waals surface area contributed by atoms with E-state index in [-0.39, 0.29) is 23.1 Å². The Balaban J connectivity index is 0.00000200. The van der Waals surface area contributed by atoms with Crippen LogP contribution < -0.4 is 10.1 Å². The molecular weight excluding hydrogens is 303 g/mol. The maximum Gasteiger partial charge on any atom is 0.271 e. The number of hydrogen-bond acceptors (Lipinski definition) is 4. The van der Waals surface area contributed by atoms with Gasteiger partial charge >= 0.3 is 0 Å². The lowest BCUT2D eigenvalue weighted by Crippen LogP contribution is -2.35. The monoisotopic (exact) mass is 320 g/mol. The van der Waals surface area contributed by atoms with Gasteiger partial charge in [-0.25, -0.2) is 0 Å². The van der Waals surface area contributed by atoms with E-state index in [2.05, 4.69) is 5.32 Å². The van der Waals surface area contributed by atoms with Crippen LogP contribution in [-0.4, -0.2) is 24.1 Å². The average Bonchev–Trinajstić information content (AvgIpc) is 2.41. The molecule has 1 saturated heterocycles. The van der Waals surface area contributed by atoms with Crippen LogP contribution in [0.5, 0.6) is 5.75 Å². The number of rotatable bonds is 5. The van der Waals surface area contributed by atoms with E-state index in [4.69, 9.17) is 16.3 Å². The van der Waals surface area contributed by atoms with Crippen LogP contribution in [0.1, 0.15) is 25.7 Å². The van der Waals surface area contributed by atoms with E-state index in [1.54, 1.807) is 6.07 Å². The van der Waals surface area contributed by atoms with E-state index in [0.717, 1.165) is 13.0 Å². The predicted octanol–water partition coefficient (Wildman–Crippen LogP) is 3.58. The Morgan fingerprint density at radius 3 is 2.85 bits per heavy atom. The van der Waals surface area contributed by atoms with Gasteiger partial charge in [-0.15, -0.1) is 12.4 Å². The van der Waals surface area contributed by atoms with Gasteiger partial charge in [0.1, 0.15) is 5.75 Å². The molecule has 7 heteroatoms. The third-order valence-electron chi connectivity index (χ3n) is 3.26. The molecule has 0 bridgehead atoms. The molecule has 5 nitrogen and oxygen atoms in total. The van der Waals surface area contributed by atoms with Gasteiger partial charge in [0, 0.05) is 18.2 Å². The Morgan fingerprint density at radius 1 is 1.45 bits per heavy atom. The number of benzene rings is 1. The van der Waals surface area contributed by atoms with E-state index in [9.17, 15) is 10.1 Å². The van der Waals surface area contributed by atoms with Crippen molar-refractivity contribution >= 4 is 29.7 Å². The molecule has 112 valence electrons. The first-order chi connectivity index (χ1) is 9.16. The van der Waals surface area contributed by atoms with Crippen LogP contribution in [-0.2, 0) is 0 Å². The van der Waals surface area contributed by atoms with Crippen LogP contribution in [0.15, 0.2) is 18.2 Å². The van der Waals surface area contributed by atoms with Crippen molar-refractivity contribution < 1.29 is 9.66 Å². The van der Waals surface area contributed by atoms with Crippen LogP contribution in [0.2, 0.25) is 5.02 Å². The number of ether oxygens (including phenoxy) is 1. The Labute approximate surface area is 129 Å². The zero-order valence-electron chi connectivity index (χ0n) is 11.0. The van der Waals surface area contributed by atoms with Crippen LogP contribution in [0.4, 0.5) is 5.69 Å². The van der Waals surface area contributed by atoms with Gasteiger partial charge in [0.25, 0.3) is 5.69 Å². The largest absolute Gasteiger partial charge is 0.492 e. The zero-order chi connectivity index (χ0) is 13.7. The van der Waals surface area contributed by atoms with Crippen molar-refractivity contribution in [2.75, 3.05) is 13.2 Å². The molecule has 0 amide bonds. The molecule has 1 atom stereocenters. The molecule has 0 radical (unpaired) electrons. The molecule has 1 aromatic rings. The summed E-state index contributed by atoms with van der Waals surface area (Å²) in [7, 11) is 0.